The summed E-state index contributed by atoms with van der Waals surface area (Å²) in [5.41, 5.74) is 4.19. The van der Waals surface area contributed by atoms with Crippen LogP contribution in [-0.2, 0) is 18.9 Å². The normalized spacial score (nSPS) is 27.9. The van der Waals surface area contributed by atoms with Crippen molar-refractivity contribution in [3.8, 4) is 23.0 Å². The Labute approximate surface area is 322 Å². The monoisotopic (exact) mass is 760 g/mol. The van der Waals surface area contributed by atoms with Crippen LogP contribution in [0.15, 0.2) is 48.6 Å². The molecule has 14 nitrogen and oxygen atoms in total. The zero-order chi connectivity index (χ0) is 38.4. The lowest BCUT2D eigenvalue weighted by Crippen LogP contribution is -2.50. The lowest BCUT2D eigenvalue weighted by molar-refractivity contribution is -0.196. The molecule has 0 aromatic heterocycles. The van der Waals surface area contributed by atoms with Gasteiger partial charge in [-0.25, -0.2) is 0 Å². The first kappa shape index (κ1) is 37.4. The number of benzene rings is 2. The summed E-state index contributed by atoms with van der Waals surface area (Å²) < 4.78 is 49.2. The van der Waals surface area contributed by atoms with Crippen LogP contribution in [0.5, 0.6) is 23.0 Å². The molecule has 6 atom stereocenters. The Morgan fingerprint density at radius 2 is 1.09 bits per heavy atom. The van der Waals surface area contributed by atoms with Crippen molar-refractivity contribution in [3.63, 3.8) is 0 Å². The Morgan fingerprint density at radius 1 is 0.655 bits per heavy atom. The quantitative estimate of drug-likeness (QED) is 0.231. The Bertz CT molecular complexity index is 1690. The fourth-order valence-electron chi connectivity index (χ4n) is 8.75. The summed E-state index contributed by atoms with van der Waals surface area (Å²) in [4.78, 5) is 35.8. The number of rotatable bonds is 10. The standard InChI is InChI=1S/C41H52N4O10/c1-24-15-30-40(54-36-11-7-9-13-50-36)42(3)28-19-34(32(48-5)17-26(28)38(46)44(30)21-24)52-23-53-35-20-29-27(18-33(35)49-6)39(47)45-22-25(2)16-31(45)41(43(29)4)55-37-12-8-10-14-51-37/h17-20,30-31,36-37,40-41H,1-2,7-16,21-23H2,3-6H3/t30-,31-,36?,37?,40-,41-/m0/s1. The van der Waals surface area contributed by atoms with Crippen LogP contribution in [0.4, 0.5) is 11.4 Å². The SMILES string of the molecule is C=C1C[C@H]2[C@H](OC3CCCCO3)N(C)c3cc(OCOc4cc5c(cc4OC)C(=O)N4CC(=C)C[C@H]4[C@H](OC4CCCCO4)N5C)c(OC)cc3C(=O)N2C1. The van der Waals surface area contributed by atoms with Gasteiger partial charge in [0.05, 0.1) is 48.8 Å². The Balaban J connectivity index is 1.06. The molecule has 2 amide bonds. The maximum absolute atomic E-state index is 14.1. The highest BCUT2D eigenvalue weighted by Crippen LogP contribution is 2.44. The number of fused-ring (bicyclic) bond motifs is 4. The second kappa shape index (κ2) is 15.6. The smallest absolute Gasteiger partial charge is 0.256 e. The van der Waals surface area contributed by atoms with Crippen LogP contribution in [0.25, 0.3) is 0 Å². The van der Waals surface area contributed by atoms with E-state index in [4.69, 9.17) is 37.9 Å². The number of amides is 2. The minimum atomic E-state index is -0.472. The molecule has 0 N–H and O–H groups in total. The number of hydrogen-bond acceptors (Lipinski definition) is 12. The number of carbonyl (C=O) groups excluding carboxylic acids is 2. The molecule has 8 rings (SSSR count). The van der Waals surface area contributed by atoms with E-state index in [1.54, 1.807) is 24.3 Å². The highest BCUT2D eigenvalue weighted by atomic mass is 16.7. The van der Waals surface area contributed by atoms with Crippen molar-refractivity contribution in [2.24, 2.45) is 0 Å². The largest absolute Gasteiger partial charge is 0.493 e. The van der Waals surface area contributed by atoms with Crippen LogP contribution in [0, 0.1) is 0 Å². The lowest BCUT2D eigenvalue weighted by Gasteiger charge is -2.38. The predicted octanol–water partition coefficient (Wildman–Crippen LogP) is 5.30. The number of methoxy groups -OCH3 is 2. The fraction of sp³-hybridized carbons (Fsp3) is 0.561. The Morgan fingerprint density at radius 3 is 1.47 bits per heavy atom. The van der Waals surface area contributed by atoms with E-state index in [0.29, 0.717) is 84.6 Å². The van der Waals surface area contributed by atoms with E-state index in [9.17, 15) is 9.59 Å². The van der Waals surface area contributed by atoms with Crippen molar-refractivity contribution in [3.05, 3.63) is 59.7 Å². The Hall–Kier alpha value is -4.50. The highest BCUT2D eigenvalue weighted by molar-refractivity contribution is 6.03. The molecule has 4 saturated heterocycles. The lowest BCUT2D eigenvalue weighted by atomic mass is 10.1. The van der Waals surface area contributed by atoms with Crippen molar-refractivity contribution in [2.75, 3.05) is 71.2 Å². The van der Waals surface area contributed by atoms with Crippen LogP contribution in [0.3, 0.4) is 0 Å². The summed E-state index contributed by atoms with van der Waals surface area (Å²) >= 11 is 0. The highest BCUT2D eigenvalue weighted by Gasteiger charge is 2.47. The summed E-state index contributed by atoms with van der Waals surface area (Å²) in [7, 11) is 6.92. The summed E-state index contributed by atoms with van der Waals surface area (Å²) in [6.07, 6.45) is 5.23. The molecule has 0 spiro atoms. The molecular weight excluding hydrogens is 708 g/mol. The van der Waals surface area contributed by atoms with E-state index >= 15 is 0 Å². The first-order valence-corrected chi connectivity index (χ1v) is 19.3. The third-order valence-electron chi connectivity index (χ3n) is 11.6. The molecule has 0 bridgehead atoms. The van der Waals surface area contributed by atoms with Crippen molar-refractivity contribution < 1.29 is 47.5 Å². The molecule has 2 unspecified atom stereocenters. The zero-order valence-corrected chi connectivity index (χ0v) is 32.3. The van der Waals surface area contributed by atoms with Crippen LogP contribution in [0.1, 0.15) is 72.1 Å². The van der Waals surface area contributed by atoms with E-state index in [1.807, 2.05) is 33.7 Å². The van der Waals surface area contributed by atoms with Gasteiger partial charge in [-0.3, -0.25) is 9.59 Å². The number of hydrogen-bond donors (Lipinski definition) is 0. The van der Waals surface area contributed by atoms with Gasteiger partial charge in [-0.05, 0) is 63.5 Å². The Kier molecular flexibility index (Phi) is 10.6. The first-order chi connectivity index (χ1) is 26.6. The molecule has 55 heavy (non-hydrogen) atoms. The maximum atomic E-state index is 14.1. The summed E-state index contributed by atoms with van der Waals surface area (Å²) in [6.45, 7) is 10.4. The van der Waals surface area contributed by atoms with E-state index < -0.39 is 12.5 Å². The topological polar surface area (TPSA) is 121 Å². The van der Waals surface area contributed by atoms with Crippen molar-refractivity contribution >= 4 is 23.2 Å². The number of carbonyl (C=O) groups is 2. The van der Waals surface area contributed by atoms with Crippen molar-refractivity contribution in [1.82, 2.24) is 9.80 Å². The molecule has 0 aliphatic carbocycles. The average molecular weight is 761 g/mol. The molecule has 0 radical (unpaired) electrons. The number of nitrogens with zero attached hydrogens (tertiary/aromatic N) is 4. The molecule has 6 aliphatic rings. The van der Waals surface area contributed by atoms with E-state index in [2.05, 4.69) is 13.2 Å². The number of anilines is 2. The minimum Gasteiger partial charge on any atom is -0.493 e. The average Bonchev–Trinajstić information content (AvgIpc) is 3.76. The summed E-state index contributed by atoms with van der Waals surface area (Å²) in [5.74, 6) is 1.25. The van der Waals surface area contributed by atoms with Crippen molar-refractivity contribution in [1.29, 1.82) is 0 Å². The molecule has 6 heterocycles. The molecule has 296 valence electrons. The third-order valence-corrected chi connectivity index (χ3v) is 11.6. The molecule has 2 aromatic carbocycles. The second-order valence-electron chi connectivity index (χ2n) is 15.2. The van der Waals surface area contributed by atoms with Gasteiger partial charge in [0.1, 0.15) is 0 Å². The van der Waals surface area contributed by atoms with Crippen LogP contribution in [0.2, 0.25) is 0 Å². The molecule has 14 heteroatoms. The van der Waals surface area contributed by atoms with Crippen LogP contribution < -0.4 is 28.7 Å². The van der Waals surface area contributed by atoms with Crippen molar-refractivity contribution in [2.45, 2.75) is 88.5 Å². The van der Waals surface area contributed by atoms with E-state index in [0.717, 1.165) is 49.7 Å². The number of ether oxygens (including phenoxy) is 8. The van der Waals surface area contributed by atoms with E-state index in [-0.39, 0.29) is 43.3 Å². The van der Waals surface area contributed by atoms with Gasteiger partial charge >= 0.3 is 0 Å². The third kappa shape index (κ3) is 7.09. The van der Waals surface area contributed by atoms with Gasteiger partial charge in [-0.15, -0.1) is 0 Å². The number of likely N-dealkylation sites (N-methyl/N-ethyl adjacent to an activating group) is 2. The molecule has 2 aromatic rings. The first-order valence-electron chi connectivity index (χ1n) is 19.3. The van der Waals surface area contributed by atoms with Gasteiger partial charge in [0.25, 0.3) is 11.8 Å². The predicted molar refractivity (Wildman–Crippen MR) is 203 cm³/mol. The van der Waals surface area contributed by atoms with Gasteiger partial charge in [0.2, 0.25) is 6.79 Å². The second-order valence-corrected chi connectivity index (χ2v) is 15.2. The zero-order valence-electron chi connectivity index (χ0n) is 32.3. The fourth-order valence-corrected chi connectivity index (χ4v) is 8.75. The molecule has 4 fully saturated rings. The van der Waals surface area contributed by atoms with Gasteiger partial charge in [-0.2, -0.15) is 0 Å². The summed E-state index contributed by atoms with van der Waals surface area (Å²) in [6, 6.07) is 6.54. The molecule has 0 saturated carbocycles. The van der Waals surface area contributed by atoms with Crippen LogP contribution in [-0.4, -0.2) is 120 Å². The molecular formula is C41H52N4O10. The van der Waals surface area contributed by atoms with Crippen LogP contribution >= 0.6 is 0 Å². The van der Waals surface area contributed by atoms with Gasteiger partial charge in [0.15, 0.2) is 48.0 Å². The van der Waals surface area contributed by atoms with Gasteiger partial charge in [0, 0.05) is 52.5 Å². The maximum Gasteiger partial charge on any atom is 0.256 e. The summed E-state index contributed by atoms with van der Waals surface area (Å²) in [5, 5.41) is 0. The van der Waals surface area contributed by atoms with E-state index in [1.165, 1.54) is 14.2 Å². The van der Waals surface area contributed by atoms with Gasteiger partial charge in [-0.1, -0.05) is 24.3 Å². The minimum absolute atomic E-state index is 0.127. The molecule has 6 aliphatic heterocycles. The van der Waals surface area contributed by atoms with Gasteiger partial charge < -0.3 is 57.5 Å².